The summed E-state index contributed by atoms with van der Waals surface area (Å²) in [6.07, 6.45) is 6.76. The first-order valence-corrected chi connectivity index (χ1v) is 8.59. The van der Waals surface area contributed by atoms with E-state index in [9.17, 15) is 4.79 Å². The Labute approximate surface area is 146 Å². The van der Waals surface area contributed by atoms with Crippen LogP contribution in [0.1, 0.15) is 40.8 Å². The lowest BCUT2D eigenvalue weighted by molar-refractivity contribution is 0.0108. The molecule has 2 aliphatic heterocycles. The molecule has 25 heavy (non-hydrogen) atoms. The van der Waals surface area contributed by atoms with Gasteiger partial charge in [-0.15, -0.1) is 10.2 Å². The molecule has 0 aromatic carbocycles. The van der Waals surface area contributed by atoms with Gasteiger partial charge in [-0.05, 0) is 19.8 Å². The summed E-state index contributed by atoms with van der Waals surface area (Å²) in [5.41, 5.74) is 1.19. The number of nitrogens with zero attached hydrogens (tertiary/aromatic N) is 6. The van der Waals surface area contributed by atoms with Crippen molar-refractivity contribution in [2.75, 3.05) is 26.3 Å². The Morgan fingerprint density at radius 3 is 2.72 bits per heavy atom. The maximum Gasteiger partial charge on any atom is 0.274 e. The van der Waals surface area contributed by atoms with Gasteiger partial charge in [0.25, 0.3) is 5.91 Å². The van der Waals surface area contributed by atoms with E-state index >= 15 is 0 Å². The Kier molecular flexibility index (Phi) is 3.99. The van der Waals surface area contributed by atoms with Gasteiger partial charge in [0.2, 0.25) is 0 Å². The average molecular weight is 342 g/mol. The molecule has 1 spiro atoms. The molecular weight excluding hydrogens is 320 g/mol. The van der Waals surface area contributed by atoms with Gasteiger partial charge in [-0.1, -0.05) is 0 Å². The van der Waals surface area contributed by atoms with Crippen molar-refractivity contribution < 1.29 is 9.53 Å². The van der Waals surface area contributed by atoms with Crippen LogP contribution in [0.5, 0.6) is 0 Å². The summed E-state index contributed by atoms with van der Waals surface area (Å²) in [4.78, 5) is 23.3. The second-order valence-electron chi connectivity index (χ2n) is 7.06. The lowest BCUT2D eigenvalue weighted by atomic mass is 9.72. The van der Waals surface area contributed by atoms with Crippen LogP contribution in [0, 0.1) is 12.3 Å². The number of ether oxygens (including phenoxy) is 1. The minimum Gasteiger partial charge on any atom is -0.381 e. The van der Waals surface area contributed by atoms with Crippen molar-refractivity contribution in [1.82, 2.24) is 29.6 Å². The van der Waals surface area contributed by atoms with Gasteiger partial charge in [-0.3, -0.25) is 9.78 Å². The fourth-order valence-corrected chi connectivity index (χ4v) is 4.04. The van der Waals surface area contributed by atoms with Crippen LogP contribution in [0.4, 0.5) is 0 Å². The monoisotopic (exact) mass is 342 g/mol. The largest absolute Gasteiger partial charge is 0.381 e. The highest BCUT2D eigenvalue weighted by Gasteiger charge is 2.51. The molecule has 4 heterocycles. The van der Waals surface area contributed by atoms with Crippen LogP contribution in [0.25, 0.3) is 0 Å². The maximum atomic E-state index is 12.9. The molecule has 1 amide bonds. The Morgan fingerprint density at radius 1 is 1.28 bits per heavy atom. The number of carbonyl (C=O) groups is 1. The minimum atomic E-state index is -0.0666. The first-order chi connectivity index (χ1) is 12.1. The summed E-state index contributed by atoms with van der Waals surface area (Å²) >= 11 is 0. The number of aryl methyl sites for hydroxylation is 2. The van der Waals surface area contributed by atoms with Crippen molar-refractivity contribution in [2.45, 2.75) is 25.7 Å². The van der Waals surface area contributed by atoms with Gasteiger partial charge in [0.1, 0.15) is 17.8 Å². The van der Waals surface area contributed by atoms with Gasteiger partial charge in [-0.2, -0.15) is 0 Å². The van der Waals surface area contributed by atoms with Gasteiger partial charge in [0, 0.05) is 50.9 Å². The van der Waals surface area contributed by atoms with Crippen molar-refractivity contribution in [3.05, 3.63) is 35.9 Å². The van der Waals surface area contributed by atoms with E-state index in [1.165, 1.54) is 0 Å². The number of carbonyl (C=O) groups excluding carboxylic acids is 1. The SMILES string of the molecule is Cc1cnc(C(=O)N2CC(c3nncn3C)C3(CCOCC3)C2)cn1. The normalized spacial score (nSPS) is 22.5. The molecule has 2 aromatic rings. The number of hydrogen-bond acceptors (Lipinski definition) is 6. The molecule has 132 valence electrons. The third-order valence-corrected chi connectivity index (χ3v) is 5.48. The molecule has 1 unspecified atom stereocenters. The molecule has 0 N–H and O–H groups in total. The van der Waals surface area contributed by atoms with E-state index in [0.717, 1.165) is 37.6 Å². The van der Waals surface area contributed by atoms with Crippen molar-refractivity contribution in [3.8, 4) is 0 Å². The van der Waals surface area contributed by atoms with E-state index in [1.807, 2.05) is 23.4 Å². The van der Waals surface area contributed by atoms with E-state index in [2.05, 4.69) is 20.2 Å². The van der Waals surface area contributed by atoms with E-state index in [0.29, 0.717) is 18.8 Å². The van der Waals surface area contributed by atoms with Crippen LogP contribution in [-0.2, 0) is 11.8 Å². The van der Waals surface area contributed by atoms with E-state index < -0.39 is 0 Å². The number of likely N-dealkylation sites (tertiary alicyclic amines) is 1. The smallest absolute Gasteiger partial charge is 0.274 e. The Balaban J connectivity index is 1.64. The van der Waals surface area contributed by atoms with E-state index in [1.54, 1.807) is 18.7 Å². The Hall–Kier alpha value is -2.35. The van der Waals surface area contributed by atoms with Crippen molar-refractivity contribution >= 4 is 5.91 Å². The Morgan fingerprint density at radius 2 is 2.08 bits per heavy atom. The molecule has 2 saturated heterocycles. The van der Waals surface area contributed by atoms with Crippen LogP contribution in [0.15, 0.2) is 18.7 Å². The average Bonchev–Trinajstić information content (AvgIpc) is 3.19. The maximum absolute atomic E-state index is 12.9. The third-order valence-electron chi connectivity index (χ3n) is 5.48. The number of rotatable bonds is 2. The number of aromatic nitrogens is 5. The van der Waals surface area contributed by atoms with Crippen molar-refractivity contribution in [1.29, 1.82) is 0 Å². The second kappa shape index (κ2) is 6.18. The standard InChI is InChI=1S/C17H22N6O2/c1-12-7-19-14(8-18-12)16(24)23-9-13(15-21-20-11-22(15)2)17(10-23)3-5-25-6-4-17/h7-8,11,13H,3-6,9-10H2,1-2H3. The zero-order valence-electron chi connectivity index (χ0n) is 14.6. The molecule has 4 rings (SSSR count). The summed E-state index contributed by atoms with van der Waals surface area (Å²) in [7, 11) is 1.96. The minimum absolute atomic E-state index is 0.00711. The van der Waals surface area contributed by atoms with Crippen LogP contribution >= 0.6 is 0 Å². The highest BCUT2D eigenvalue weighted by molar-refractivity contribution is 5.92. The summed E-state index contributed by atoms with van der Waals surface area (Å²) in [6.45, 7) is 4.63. The third kappa shape index (κ3) is 2.80. The number of amides is 1. The molecule has 0 aliphatic carbocycles. The summed E-state index contributed by atoms with van der Waals surface area (Å²) in [5.74, 6) is 1.03. The molecule has 1 atom stereocenters. The lowest BCUT2D eigenvalue weighted by Gasteiger charge is -2.37. The van der Waals surface area contributed by atoms with Gasteiger partial charge < -0.3 is 14.2 Å². The second-order valence-corrected chi connectivity index (χ2v) is 7.06. The van der Waals surface area contributed by atoms with Crippen LogP contribution in [-0.4, -0.2) is 61.8 Å². The molecular formula is C17H22N6O2. The molecule has 2 aromatic heterocycles. The predicted molar refractivity (Wildman–Crippen MR) is 88.9 cm³/mol. The number of hydrogen-bond donors (Lipinski definition) is 0. The molecule has 8 heteroatoms. The highest BCUT2D eigenvalue weighted by atomic mass is 16.5. The van der Waals surface area contributed by atoms with Crippen LogP contribution in [0.3, 0.4) is 0 Å². The fourth-order valence-electron chi connectivity index (χ4n) is 4.04. The quantitative estimate of drug-likeness (QED) is 0.808. The fraction of sp³-hybridized carbons (Fsp3) is 0.588. The molecule has 0 bridgehead atoms. The summed E-state index contributed by atoms with van der Waals surface area (Å²) in [6, 6.07) is 0. The first-order valence-electron chi connectivity index (χ1n) is 8.59. The zero-order valence-corrected chi connectivity index (χ0v) is 14.6. The Bertz CT molecular complexity index is 766. The van der Waals surface area contributed by atoms with Gasteiger partial charge in [0.05, 0.1) is 11.9 Å². The van der Waals surface area contributed by atoms with Crippen LogP contribution < -0.4 is 0 Å². The van der Waals surface area contributed by atoms with Gasteiger partial charge >= 0.3 is 0 Å². The van der Waals surface area contributed by atoms with E-state index in [4.69, 9.17) is 4.74 Å². The highest BCUT2D eigenvalue weighted by Crippen LogP contribution is 2.49. The molecule has 8 nitrogen and oxygen atoms in total. The zero-order chi connectivity index (χ0) is 17.4. The molecule has 2 aliphatic rings. The summed E-state index contributed by atoms with van der Waals surface area (Å²) in [5, 5.41) is 8.37. The van der Waals surface area contributed by atoms with Gasteiger partial charge in [-0.25, -0.2) is 4.98 Å². The summed E-state index contributed by atoms with van der Waals surface area (Å²) < 4.78 is 7.54. The van der Waals surface area contributed by atoms with Gasteiger partial charge in [0.15, 0.2) is 0 Å². The van der Waals surface area contributed by atoms with Crippen molar-refractivity contribution in [2.24, 2.45) is 12.5 Å². The van der Waals surface area contributed by atoms with E-state index in [-0.39, 0.29) is 17.2 Å². The molecule has 0 saturated carbocycles. The first kappa shape index (κ1) is 16.1. The van der Waals surface area contributed by atoms with Crippen molar-refractivity contribution in [3.63, 3.8) is 0 Å². The predicted octanol–water partition coefficient (Wildman–Crippen LogP) is 0.950. The molecule has 0 radical (unpaired) electrons. The van der Waals surface area contributed by atoms with Crippen LogP contribution in [0.2, 0.25) is 0 Å². The topological polar surface area (TPSA) is 86.0 Å². The molecule has 2 fully saturated rings. The lowest BCUT2D eigenvalue weighted by Crippen LogP contribution is -2.37.